The van der Waals surface area contributed by atoms with E-state index in [0.29, 0.717) is 21.4 Å². The molecule has 0 aliphatic rings. The summed E-state index contributed by atoms with van der Waals surface area (Å²) in [6.45, 7) is 7.20. The summed E-state index contributed by atoms with van der Waals surface area (Å²) in [5, 5.41) is 3.71. The molecule has 156 valence electrons. The summed E-state index contributed by atoms with van der Waals surface area (Å²) in [5.74, 6) is 0.0268. The smallest absolute Gasteiger partial charge is 0.261 e. The minimum absolute atomic E-state index is 0.0472. The number of halogens is 2. The van der Waals surface area contributed by atoms with Crippen LogP contribution in [0.25, 0.3) is 0 Å². The number of nitrogens with zero attached hydrogens (tertiary/aromatic N) is 1. The average molecular weight is 437 g/mol. The quantitative estimate of drug-likeness (QED) is 0.656. The van der Waals surface area contributed by atoms with Crippen molar-refractivity contribution in [2.24, 2.45) is 0 Å². The number of hydrogen-bond acceptors (Lipinski definition) is 3. The zero-order valence-corrected chi connectivity index (χ0v) is 18.6. The maximum absolute atomic E-state index is 13.0. The van der Waals surface area contributed by atoms with Crippen LogP contribution < -0.4 is 10.1 Å². The van der Waals surface area contributed by atoms with Crippen molar-refractivity contribution in [2.75, 3.05) is 6.61 Å². The molecule has 0 fully saturated rings. The van der Waals surface area contributed by atoms with Crippen molar-refractivity contribution in [1.82, 2.24) is 10.2 Å². The first-order chi connectivity index (χ1) is 13.7. The van der Waals surface area contributed by atoms with E-state index in [0.717, 1.165) is 5.56 Å². The average Bonchev–Trinajstić information content (AvgIpc) is 2.66. The Morgan fingerprint density at radius 3 is 2.24 bits per heavy atom. The van der Waals surface area contributed by atoms with Gasteiger partial charge in [0.15, 0.2) is 6.61 Å². The number of rotatable bonds is 8. The Labute approximate surface area is 181 Å². The third kappa shape index (κ3) is 6.38. The summed E-state index contributed by atoms with van der Waals surface area (Å²) in [6, 6.07) is 11.8. The highest BCUT2D eigenvalue weighted by Gasteiger charge is 2.28. The molecule has 0 heterocycles. The second-order valence-corrected chi connectivity index (χ2v) is 7.93. The van der Waals surface area contributed by atoms with Crippen LogP contribution in [0.15, 0.2) is 42.5 Å². The van der Waals surface area contributed by atoms with Crippen LogP contribution >= 0.6 is 23.2 Å². The number of carbonyl (C=O) groups is 2. The predicted molar refractivity (Wildman–Crippen MR) is 116 cm³/mol. The van der Waals surface area contributed by atoms with Gasteiger partial charge in [-0.1, -0.05) is 47.5 Å². The predicted octanol–water partition coefficient (Wildman–Crippen LogP) is 4.62. The Balaban J connectivity index is 2.24. The lowest BCUT2D eigenvalue weighted by molar-refractivity contribution is -0.142. The fourth-order valence-corrected chi connectivity index (χ4v) is 3.30. The van der Waals surface area contributed by atoms with E-state index in [-0.39, 0.29) is 31.0 Å². The van der Waals surface area contributed by atoms with Crippen molar-refractivity contribution in [3.05, 3.63) is 63.6 Å². The van der Waals surface area contributed by atoms with Gasteiger partial charge in [0.1, 0.15) is 11.8 Å². The second-order valence-electron chi connectivity index (χ2n) is 7.12. The Morgan fingerprint density at radius 1 is 1.03 bits per heavy atom. The Kier molecular flexibility index (Phi) is 8.35. The first-order valence-corrected chi connectivity index (χ1v) is 10.2. The van der Waals surface area contributed by atoms with Crippen LogP contribution in [0.1, 0.15) is 31.9 Å². The molecular formula is C22H26Cl2N2O3. The number of carbonyl (C=O) groups excluding carboxylic acids is 2. The molecule has 0 unspecified atom stereocenters. The molecular weight excluding hydrogens is 411 g/mol. The van der Waals surface area contributed by atoms with Gasteiger partial charge in [-0.3, -0.25) is 9.59 Å². The van der Waals surface area contributed by atoms with Crippen LogP contribution in [0, 0.1) is 6.92 Å². The lowest BCUT2D eigenvalue weighted by Crippen LogP contribution is -2.50. The topological polar surface area (TPSA) is 58.6 Å². The molecule has 0 spiro atoms. The lowest BCUT2D eigenvalue weighted by atomic mass is 10.1. The van der Waals surface area contributed by atoms with Crippen molar-refractivity contribution < 1.29 is 14.3 Å². The lowest BCUT2D eigenvalue weighted by Gasteiger charge is -2.30. The maximum atomic E-state index is 13.0. The molecule has 2 rings (SSSR count). The normalized spacial score (nSPS) is 11.8. The maximum Gasteiger partial charge on any atom is 0.261 e. The standard InChI is InChI=1S/C22H26Cl2N2O3/c1-14(2)25-22(28)16(4)26(12-17-18(23)9-7-10-19(17)24)21(27)13-29-20-11-6-5-8-15(20)3/h5-11,14,16H,12-13H2,1-4H3,(H,25,28)/t16-/m0/s1. The summed E-state index contributed by atoms with van der Waals surface area (Å²) in [7, 11) is 0. The van der Waals surface area contributed by atoms with E-state index in [1.165, 1.54) is 4.90 Å². The van der Waals surface area contributed by atoms with E-state index in [1.54, 1.807) is 31.2 Å². The van der Waals surface area contributed by atoms with Crippen molar-refractivity contribution >= 4 is 35.0 Å². The van der Waals surface area contributed by atoms with Gasteiger partial charge >= 0.3 is 0 Å². The van der Waals surface area contributed by atoms with Crippen LogP contribution in [0.2, 0.25) is 10.0 Å². The largest absolute Gasteiger partial charge is 0.484 e. The first-order valence-electron chi connectivity index (χ1n) is 9.41. The number of aryl methyl sites for hydroxylation is 1. The van der Waals surface area contributed by atoms with Gasteiger partial charge in [0.25, 0.3) is 5.91 Å². The van der Waals surface area contributed by atoms with Gasteiger partial charge in [-0.25, -0.2) is 0 Å². The van der Waals surface area contributed by atoms with Crippen LogP contribution in [-0.2, 0) is 16.1 Å². The van der Waals surface area contributed by atoms with Gasteiger partial charge in [0, 0.05) is 28.2 Å². The molecule has 0 saturated carbocycles. The molecule has 2 amide bonds. The highest BCUT2D eigenvalue weighted by atomic mass is 35.5. The minimum Gasteiger partial charge on any atom is -0.484 e. The minimum atomic E-state index is -0.724. The molecule has 1 N–H and O–H groups in total. The molecule has 0 aromatic heterocycles. The van der Waals surface area contributed by atoms with Gasteiger partial charge in [0.05, 0.1) is 0 Å². The number of nitrogens with one attached hydrogen (secondary N) is 1. The zero-order chi connectivity index (χ0) is 21.6. The van der Waals surface area contributed by atoms with Gasteiger partial charge < -0.3 is 15.0 Å². The highest BCUT2D eigenvalue weighted by Crippen LogP contribution is 2.26. The van der Waals surface area contributed by atoms with Crippen LogP contribution in [0.3, 0.4) is 0 Å². The monoisotopic (exact) mass is 436 g/mol. The van der Waals surface area contributed by atoms with E-state index < -0.39 is 6.04 Å². The number of para-hydroxylation sites is 1. The van der Waals surface area contributed by atoms with Crippen LogP contribution in [0.5, 0.6) is 5.75 Å². The number of benzene rings is 2. The van der Waals surface area contributed by atoms with Crippen LogP contribution in [0.4, 0.5) is 0 Å². The summed E-state index contributed by atoms with van der Waals surface area (Å²) >= 11 is 12.6. The SMILES string of the molecule is Cc1ccccc1OCC(=O)N(Cc1c(Cl)cccc1Cl)[C@@H](C)C(=O)NC(C)C. The van der Waals surface area contributed by atoms with Gasteiger partial charge in [-0.15, -0.1) is 0 Å². The number of amides is 2. The fourth-order valence-electron chi connectivity index (χ4n) is 2.78. The van der Waals surface area contributed by atoms with E-state index in [4.69, 9.17) is 27.9 Å². The van der Waals surface area contributed by atoms with Crippen molar-refractivity contribution in [2.45, 2.75) is 46.3 Å². The molecule has 1 atom stereocenters. The van der Waals surface area contributed by atoms with Gasteiger partial charge in [-0.2, -0.15) is 0 Å². The third-order valence-electron chi connectivity index (χ3n) is 4.43. The first kappa shape index (κ1) is 23.0. The van der Waals surface area contributed by atoms with E-state index in [2.05, 4.69) is 5.32 Å². The van der Waals surface area contributed by atoms with E-state index in [9.17, 15) is 9.59 Å². The molecule has 2 aromatic rings. The van der Waals surface area contributed by atoms with Gasteiger partial charge in [0.2, 0.25) is 5.91 Å². The highest BCUT2D eigenvalue weighted by molar-refractivity contribution is 6.36. The van der Waals surface area contributed by atoms with Crippen molar-refractivity contribution in [3.63, 3.8) is 0 Å². The van der Waals surface area contributed by atoms with Crippen molar-refractivity contribution in [1.29, 1.82) is 0 Å². The molecule has 0 saturated heterocycles. The summed E-state index contributed by atoms with van der Waals surface area (Å²) in [5.41, 5.74) is 1.51. The third-order valence-corrected chi connectivity index (χ3v) is 5.14. The molecule has 5 nitrogen and oxygen atoms in total. The Hall–Kier alpha value is -2.24. The molecule has 0 bridgehead atoms. The molecule has 7 heteroatoms. The molecule has 2 aromatic carbocycles. The number of ether oxygens (including phenoxy) is 1. The second kappa shape index (κ2) is 10.5. The molecule has 0 aliphatic heterocycles. The fraction of sp³-hybridized carbons (Fsp3) is 0.364. The van der Waals surface area contributed by atoms with Gasteiger partial charge in [-0.05, 0) is 51.5 Å². The molecule has 0 aliphatic carbocycles. The summed E-state index contributed by atoms with van der Waals surface area (Å²) < 4.78 is 5.70. The van der Waals surface area contributed by atoms with E-state index >= 15 is 0 Å². The summed E-state index contributed by atoms with van der Waals surface area (Å²) in [4.78, 5) is 27.0. The number of hydrogen-bond donors (Lipinski definition) is 1. The Morgan fingerprint density at radius 2 is 1.66 bits per heavy atom. The summed E-state index contributed by atoms with van der Waals surface area (Å²) in [6.07, 6.45) is 0. The zero-order valence-electron chi connectivity index (χ0n) is 17.0. The Bertz CT molecular complexity index is 851. The molecule has 29 heavy (non-hydrogen) atoms. The van der Waals surface area contributed by atoms with E-state index in [1.807, 2.05) is 39.0 Å². The van der Waals surface area contributed by atoms with Crippen LogP contribution in [-0.4, -0.2) is 35.4 Å². The molecule has 0 radical (unpaired) electrons. The van der Waals surface area contributed by atoms with Crippen molar-refractivity contribution in [3.8, 4) is 5.75 Å².